The van der Waals surface area contributed by atoms with Crippen LogP contribution < -0.4 is 0 Å². The van der Waals surface area contributed by atoms with E-state index in [0.717, 1.165) is 52.2 Å². The quantitative estimate of drug-likeness (QED) is 0.0342. The topological polar surface area (TPSA) is 108 Å². The summed E-state index contributed by atoms with van der Waals surface area (Å²) in [5, 5.41) is 9.60. The zero-order valence-electron chi connectivity index (χ0n) is 34.7. The van der Waals surface area contributed by atoms with Crippen molar-refractivity contribution < 1.29 is 33.4 Å². The zero-order chi connectivity index (χ0) is 39.3. The predicted octanol–water partition coefficient (Wildman–Crippen LogP) is 12.1. The second kappa shape index (κ2) is 40.8. The Morgan fingerprint density at radius 2 is 0.843 bits per heavy atom. The van der Waals surface area contributed by atoms with Crippen molar-refractivity contribution in [2.24, 2.45) is 0 Å². The van der Waals surface area contributed by atoms with E-state index in [4.69, 9.17) is 14.0 Å². The van der Waals surface area contributed by atoms with Crippen molar-refractivity contribution >= 4 is 78.1 Å². The molecule has 1 N–H and O–H groups in total. The van der Waals surface area contributed by atoms with Crippen LogP contribution in [0.5, 0.6) is 0 Å². The van der Waals surface area contributed by atoms with E-state index in [9.17, 15) is 19.5 Å². The summed E-state index contributed by atoms with van der Waals surface area (Å²) < 4.78 is 29.7. The van der Waals surface area contributed by atoms with E-state index in [1.165, 1.54) is 69.1 Å². The standard InChI is InChI=1S/C6H10O2.C5H8O4.C5H8O2.6C4H9.3Sn/c1-3-6(8)4-5(2)7;1-2-9-5(8)3-4(6)7;1-4(6)3-5(2)7;6*1-3-4-2;;;/h4,7H,3H2,1-2H3;3,6-7H,2H2,1H3;3,6H,1-2H3;6*1,3-4H2,2H3;;;/q;;;;;;;;;3*+1/p-3. The van der Waals surface area contributed by atoms with Gasteiger partial charge in [-0.25, -0.2) is 0 Å². The number of esters is 1. The summed E-state index contributed by atoms with van der Waals surface area (Å²) in [5.41, 5.74) is 0. The maximum absolute atomic E-state index is 11.3. The minimum absolute atomic E-state index is 0.0891. The number of aliphatic hydroxyl groups is 1. The van der Waals surface area contributed by atoms with Crippen LogP contribution in [0.2, 0.25) is 26.6 Å². The molecule has 0 unspecified atom stereocenters. The van der Waals surface area contributed by atoms with Gasteiger partial charge in [-0.2, -0.15) is 0 Å². The molecule has 0 aliphatic rings. The van der Waals surface area contributed by atoms with Gasteiger partial charge in [-0.1, -0.05) is 0 Å². The molecule has 0 rings (SSSR count). The van der Waals surface area contributed by atoms with Crippen molar-refractivity contribution in [3.8, 4) is 0 Å². The molecule has 0 atom stereocenters. The number of carbonyl (C=O) groups is 3. The molecule has 0 aromatic heterocycles. The molecule has 0 aromatic rings. The second-order valence-electron chi connectivity index (χ2n) is 12.7. The average molecular weight is 1040 g/mol. The van der Waals surface area contributed by atoms with Gasteiger partial charge in [-0.05, 0) is 0 Å². The van der Waals surface area contributed by atoms with Crippen molar-refractivity contribution in [3.63, 3.8) is 0 Å². The van der Waals surface area contributed by atoms with Crippen molar-refractivity contribution in [3.05, 3.63) is 35.7 Å². The van der Waals surface area contributed by atoms with Crippen LogP contribution in [0.1, 0.15) is 160 Å². The van der Waals surface area contributed by atoms with Gasteiger partial charge in [0.15, 0.2) is 0 Å². The molecular weight excluding hydrogens is 965 g/mol. The Morgan fingerprint density at radius 3 is 1.14 bits per heavy atom. The number of aliphatic hydroxyl groups excluding tert-OH is 1. The molecule has 0 saturated carbocycles. The third kappa shape index (κ3) is 40.6. The van der Waals surface area contributed by atoms with E-state index in [0.29, 0.717) is 13.0 Å². The molecule has 0 spiro atoms. The number of ether oxygens (including phenoxy) is 1. The third-order valence-corrected chi connectivity index (χ3v) is 27.9. The van der Waals surface area contributed by atoms with Gasteiger partial charge in [0, 0.05) is 0 Å². The summed E-state index contributed by atoms with van der Waals surface area (Å²) in [6.45, 7) is 22.5. The van der Waals surface area contributed by atoms with E-state index in [1.807, 2.05) is 20.8 Å². The molecule has 8 nitrogen and oxygen atoms in total. The van der Waals surface area contributed by atoms with E-state index in [1.54, 1.807) is 26.0 Å². The molecule has 297 valence electrons. The Morgan fingerprint density at radius 1 is 0.510 bits per heavy atom. The Bertz CT molecular complexity index is 928. The first-order valence-electron chi connectivity index (χ1n) is 19.9. The molecular formula is C40H77O8Sn3. The molecule has 0 fully saturated rings. The van der Waals surface area contributed by atoms with Crippen molar-refractivity contribution in [1.29, 1.82) is 0 Å². The van der Waals surface area contributed by atoms with Crippen LogP contribution >= 0.6 is 0 Å². The fourth-order valence-corrected chi connectivity index (χ4v) is 25.2. The predicted molar refractivity (Wildman–Crippen MR) is 220 cm³/mol. The van der Waals surface area contributed by atoms with Crippen molar-refractivity contribution in [2.45, 2.75) is 186 Å². The number of allylic oxidation sites excluding steroid dienone is 4. The van der Waals surface area contributed by atoms with E-state index in [-0.39, 0.29) is 17.5 Å². The Balaban J connectivity index is -0.000000679. The molecule has 51 heavy (non-hydrogen) atoms. The number of hydrogen-bond donors (Lipinski definition) is 1. The first-order valence-corrected chi connectivity index (χ1v) is 35.5. The van der Waals surface area contributed by atoms with Crippen LogP contribution in [0.4, 0.5) is 0 Å². The normalized spacial score (nSPS) is 11.8. The average Bonchev–Trinajstić information content (AvgIpc) is 3.08. The fraction of sp³-hybridized carbons (Fsp3) is 0.775. The second-order valence-corrected chi connectivity index (χ2v) is 32.3. The minimum atomic E-state index is -2.02. The van der Waals surface area contributed by atoms with E-state index >= 15 is 0 Å². The van der Waals surface area contributed by atoms with Crippen molar-refractivity contribution in [2.75, 3.05) is 6.61 Å². The van der Waals surface area contributed by atoms with Gasteiger partial charge in [-0.15, -0.1) is 0 Å². The van der Waals surface area contributed by atoms with E-state index in [2.05, 4.69) is 41.5 Å². The number of rotatable bonds is 29. The molecule has 11 heteroatoms. The first kappa shape index (κ1) is 55.0. The van der Waals surface area contributed by atoms with Gasteiger partial charge < -0.3 is 0 Å². The van der Waals surface area contributed by atoms with Gasteiger partial charge in [0.05, 0.1) is 0 Å². The van der Waals surface area contributed by atoms with Crippen LogP contribution in [-0.2, 0) is 28.3 Å². The summed E-state index contributed by atoms with van der Waals surface area (Å²) in [4.78, 5) is 33.4. The zero-order valence-corrected chi connectivity index (χ0v) is 43.2. The Labute approximate surface area is 337 Å². The summed E-state index contributed by atoms with van der Waals surface area (Å²) in [6, 6.07) is 0. The number of ketones is 2. The molecule has 0 aromatic carbocycles. The summed E-state index contributed by atoms with van der Waals surface area (Å²) >= 11 is -5.41. The monoisotopic (exact) mass is 1050 g/mol. The van der Waals surface area contributed by atoms with Gasteiger partial charge in [0.2, 0.25) is 0 Å². The summed E-state index contributed by atoms with van der Waals surface area (Å²) in [5.74, 6) is 1.17. The summed E-state index contributed by atoms with van der Waals surface area (Å²) in [7, 11) is 0. The number of unbranched alkanes of at least 4 members (excludes halogenated alkanes) is 6. The molecule has 0 bridgehead atoms. The van der Waals surface area contributed by atoms with Crippen LogP contribution in [0.25, 0.3) is 0 Å². The molecule has 0 saturated heterocycles. The van der Waals surface area contributed by atoms with Crippen LogP contribution in [0, 0.1) is 0 Å². The van der Waals surface area contributed by atoms with Crippen molar-refractivity contribution in [1.82, 2.24) is 0 Å². The van der Waals surface area contributed by atoms with Crippen LogP contribution in [-0.4, -0.2) is 89.8 Å². The molecule has 0 aliphatic heterocycles. The maximum atomic E-state index is 11.3. The first-order chi connectivity index (χ1) is 24.4. The van der Waals surface area contributed by atoms with Gasteiger partial charge in [0.25, 0.3) is 0 Å². The number of carbonyl (C=O) groups excluding carboxylic acids is 3. The Hall–Kier alpha value is -0.374. The fourth-order valence-electron chi connectivity index (χ4n) is 4.52. The molecule has 3 radical (unpaired) electrons. The molecule has 0 heterocycles. The number of hydrogen-bond acceptors (Lipinski definition) is 8. The third-order valence-electron chi connectivity index (χ3n) is 7.36. The van der Waals surface area contributed by atoms with Gasteiger partial charge >= 0.3 is 340 Å². The van der Waals surface area contributed by atoms with Crippen LogP contribution in [0.3, 0.4) is 0 Å². The Kier molecular flexibility index (Phi) is 44.0. The molecule has 0 amide bonds. The van der Waals surface area contributed by atoms with Crippen LogP contribution in [0.15, 0.2) is 35.7 Å². The SMILES string of the molecule is CCC[CH2][Sn]([CH2]CCC)[O]C(C)=CC(=O)CC.CCC[CH2][Sn]([CH2]CCC)[O]C(C)=CC(C)=O.CCC[CH2][Sn]([CH2]CCC)[O]C(O)=CC(=O)OCC. The van der Waals surface area contributed by atoms with Gasteiger partial charge in [0.1, 0.15) is 0 Å². The molecule has 0 aliphatic carbocycles. The van der Waals surface area contributed by atoms with E-state index < -0.39 is 66.5 Å². The van der Waals surface area contributed by atoms with Gasteiger partial charge in [-0.3, -0.25) is 0 Å². The summed E-state index contributed by atoms with van der Waals surface area (Å²) in [6.07, 6.45) is 19.6.